The molecule has 0 saturated carbocycles. The van der Waals surface area contributed by atoms with Gasteiger partial charge in [-0.25, -0.2) is 17.9 Å². The highest BCUT2D eigenvalue weighted by atomic mass is 32.2. The van der Waals surface area contributed by atoms with E-state index in [2.05, 4.69) is 15.5 Å². The maximum absolute atomic E-state index is 13.7. The first-order valence-corrected chi connectivity index (χ1v) is 11.8. The first-order chi connectivity index (χ1) is 16.9. The van der Waals surface area contributed by atoms with Gasteiger partial charge in [0.15, 0.2) is 17.5 Å². The van der Waals surface area contributed by atoms with E-state index in [1.54, 1.807) is 20.8 Å². The number of aliphatic hydroxyl groups is 4. The lowest BCUT2D eigenvalue weighted by molar-refractivity contribution is -0.179. The zero-order valence-corrected chi connectivity index (χ0v) is 20.2. The van der Waals surface area contributed by atoms with Gasteiger partial charge in [0.1, 0.15) is 47.4 Å². The fourth-order valence-electron chi connectivity index (χ4n) is 4.00. The van der Waals surface area contributed by atoms with Crippen LogP contribution < -0.4 is 0 Å². The molecule has 3 aromatic rings. The Bertz CT molecular complexity index is 1200. The molecule has 14 heteroatoms. The van der Waals surface area contributed by atoms with Crippen LogP contribution in [0.4, 0.5) is 13.2 Å². The summed E-state index contributed by atoms with van der Waals surface area (Å²) in [4.78, 5) is 0. The Morgan fingerprint density at radius 1 is 1.17 bits per heavy atom. The molecule has 1 unspecified atom stereocenters. The molecule has 1 aliphatic rings. The Balaban J connectivity index is 1.66. The average molecular weight is 531 g/mol. The van der Waals surface area contributed by atoms with Crippen molar-refractivity contribution in [1.82, 2.24) is 20.2 Å². The molecule has 0 bridgehead atoms. The number of aryl methyl sites for hydroxylation is 1. The zero-order valence-electron chi connectivity index (χ0n) is 19.4. The van der Waals surface area contributed by atoms with E-state index in [-0.39, 0.29) is 11.3 Å². The smallest absolute Gasteiger partial charge is 0.194 e. The highest BCUT2D eigenvalue weighted by molar-refractivity contribution is 8.00. The number of hydrogen-bond acceptors (Lipinski definition) is 10. The molecule has 0 aliphatic carbocycles. The number of halogens is 3. The predicted molar refractivity (Wildman–Crippen MR) is 120 cm³/mol. The van der Waals surface area contributed by atoms with E-state index in [9.17, 15) is 33.6 Å². The van der Waals surface area contributed by atoms with Crippen LogP contribution in [0.5, 0.6) is 0 Å². The van der Waals surface area contributed by atoms with Gasteiger partial charge in [-0.15, -0.1) is 16.9 Å². The predicted octanol–water partition coefficient (Wildman–Crippen LogP) is 1.88. The summed E-state index contributed by atoms with van der Waals surface area (Å²) in [6.45, 7) is 4.24. The quantitative estimate of drug-likeness (QED) is 0.334. The molecular weight excluding hydrogens is 505 g/mol. The molecule has 196 valence electrons. The fraction of sp³-hybridized carbons (Fsp3) is 0.500. The highest BCUT2D eigenvalue weighted by Gasteiger charge is 2.48. The molecule has 3 heterocycles. The molecule has 1 aromatic carbocycles. The van der Waals surface area contributed by atoms with Gasteiger partial charge >= 0.3 is 0 Å². The summed E-state index contributed by atoms with van der Waals surface area (Å²) in [5.74, 6) is -4.46. The van der Waals surface area contributed by atoms with Crippen LogP contribution in [-0.4, -0.2) is 76.5 Å². The molecular formula is C22H25F3N4O6S. The van der Waals surface area contributed by atoms with Gasteiger partial charge in [0.05, 0.1) is 23.7 Å². The van der Waals surface area contributed by atoms with Crippen molar-refractivity contribution in [3.8, 4) is 11.3 Å². The lowest BCUT2D eigenvalue weighted by Gasteiger charge is -2.43. The third-order valence-corrected chi connectivity index (χ3v) is 7.62. The molecule has 0 spiro atoms. The van der Waals surface area contributed by atoms with Crippen molar-refractivity contribution in [2.75, 3.05) is 6.61 Å². The van der Waals surface area contributed by atoms with Crippen molar-refractivity contribution in [2.45, 2.75) is 61.4 Å². The maximum atomic E-state index is 13.7. The lowest BCUT2D eigenvalue weighted by Crippen LogP contribution is -2.55. The van der Waals surface area contributed by atoms with Gasteiger partial charge in [0, 0.05) is 11.1 Å². The first-order valence-electron chi connectivity index (χ1n) is 10.9. The second kappa shape index (κ2) is 10.1. The van der Waals surface area contributed by atoms with Crippen LogP contribution in [0.2, 0.25) is 0 Å². The molecule has 0 radical (unpaired) electrons. The molecule has 6 atom stereocenters. The Hall–Kier alpha value is -2.49. The molecule has 0 amide bonds. The Labute approximate surface area is 207 Å². The second-order valence-corrected chi connectivity index (χ2v) is 10.3. The molecule has 1 aliphatic heterocycles. The van der Waals surface area contributed by atoms with Crippen molar-refractivity contribution in [1.29, 1.82) is 0 Å². The van der Waals surface area contributed by atoms with Crippen molar-refractivity contribution in [3.05, 3.63) is 53.3 Å². The Kier molecular flexibility index (Phi) is 7.46. The number of thioether (sulfide) groups is 1. The third-order valence-electron chi connectivity index (χ3n) is 5.89. The van der Waals surface area contributed by atoms with Gasteiger partial charge in [-0.2, -0.15) is 0 Å². The van der Waals surface area contributed by atoms with Crippen molar-refractivity contribution >= 4 is 11.8 Å². The van der Waals surface area contributed by atoms with Crippen molar-refractivity contribution in [2.24, 2.45) is 0 Å². The van der Waals surface area contributed by atoms with Gasteiger partial charge < -0.3 is 29.7 Å². The van der Waals surface area contributed by atoms with E-state index in [1.807, 2.05) is 0 Å². The van der Waals surface area contributed by atoms with E-state index in [1.165, 1.54) is 12.5 Å². The molecule has 4 rings (SSSR count). The van der Waals surface area contributed by atoms with Gasteiger partial charge in [0.2, 0.25) is 0 Å². The van der Waals surface area contributed by atoms with Gasteiger partial charge in [-0.3, -0.25) is 0 Å². The second-order valence-electron chi connectivity index (χ2n) is 9.09. The first kappa shape index (κ1) is 26.6. The minimum absolute atomic E-state index is 0.0453. The van der Waals surface area contributed by atoms with Crippen LogP contribution in [0.25, 0.3) is 11.3 Å². The highest BCUT2D eigenvalue weighted by Crippen LogP contribution is 2.46. The summed E-state index contributed by atoms with van der Waals surface area (Å²) in [6, 6.07) is 0.283. The summed E-state index contributed by atoms with van der Waals surface area (Å²) in [6.07, 6.45) is -1.41. The molecule has 2 aromatic heterocycles. The minimum atomic E-state index is -1.63. The van der Waals surface area contributed by atoms with E-state index in [4.69, 9.17) is 9.26 Å². The Morgan fingerprint density at radius 2 is 1.83 bits per heavy atom. The van der Waals surface area contributed by atoms with Crippen LogP contribution in [0.3, 0.4) is 0 Å². The van der Waals surface area contributed by atoms with E-state index in [0.717, 1.165) is 28.6 Å². The lowest BCUT2D eigenvalue weighted by atomic mass is 9.97. The van der Waals surface area contributed by atoms with Crippen molar-refractivity contribution < 1.29 is 42.9 Å². The Morgan fingerprint density at radius 3 is 2.39 bits per heavy atom. The number of hydrogen-bond donors (Lipinski definition) is 4. The number of rotatable bonds is 7. The van der Waals surface area contributed by atoms with E-state index < -0.39 is 64.7 Å². The average Bonchev–Trinajstić information content (AvgIpc) is 3.45. The number of ether oxygens (including phenoxy) is 1. The van der Waals surface area contributed by atoms with E-state index in [0.29, 0.717) is 11.3 Å². The topological polar surface area (TPSA) is 147 Å². The molecule has 10 nitrogen and oxygen atoms in total. The SMILES string of the molecule is Cc1conc1C(S[C@@H]1O[C@H](CO)[C@H](O)[C@H](n2cc(-c3cc(F)c(F)c(F)c3)nn2)[C@H]1O)C(C)(C)O. The normalized spacial score (nSPS) is 25.8. The summed E-state index contributed by atoms with van der Waals surface area (Å²) in [5, 5.41) is 53.5. The van der Waals surface area contributed by atoms with Crippen molar-refractivity contribution in [3.63, 3.8) is 0 Å². The monoisotopic (exact) mass is 530 g/mol. The van der Waals surface area contributed by atoms with Crippen LogP contribution in [0.15, 0.2) is 29.1 Å². The van der Waals surface area contributed by atoms with E-state index >= 15 is 0 Å². The third kappa shape index (κ3) is 5.01. The van der Waals surface area contributed by atoms with Crippen LogP contribution in [0.1, 0.15) is 36.4 Å². The number of aromatic nitrogens is 4. The van der Waals surface area contributed by atoms with Crippen LogP contribution in [0, 0.1) is 24.4 Å². The van der Waals surface area contributed by atoms with Gasteiger partial charge in [-0.1, -0.05) is 10.4 Å². The minimum Gasteiger partial charge on any atom is -0.394 e. The molecule has 36 heavy (non-hydrogen) atoms. The molecule has 4 N–H and O–H groups in total. The van der Waals surface area contributed by atoms with Crippen LogP contribution in [-0.2, 0) is 4.74 Å². The summed E-state index contributed by atoms with van der Waals surface area (Å²) >= 11 is 1.01. The summed E-state index contributed by atoms with van der Waals surface area (Å²) in [5.41, 5.74) is -1.49. The summed E-state index contributed by atoms with van der Waals surface area (Å²) < 4.78 is 52.6. The molecule has 1 saturated heterocycles. The molecule has 1 fully saturated rings. The summed E-state index contributed by atoms with van der Waals surface area (Å²) in [7, 11) is 0. The van der Waals surface area contributed by atoms with Gasteiger partial charge in [-0.05, 0) is 32.9 Å². The fourth-order valence-corrected chi connectivity index (χ4v) is 5.49. The number of nitrogens with zero attached hydrogens (tertiary/aromatic N) is 4. The standard InChI is InChI=1S/C22H25F3N4O6S/c1-9-8-34-27-16(9)20(22(2,3)33)36-21-19(32)17(18(31)14(7-30)35-21)29-6-13(26-28-29)10-4-11(23)15(25)12(24)5-10/h4-6,8,14,17-21,30-33H,7H2,1-3H3/t14-,17+,18+,19-,20?,21+/m1/s1. The zero-order chi connectivity index (χ0) is 26.4. The number of benzene rings is 1. The largest absolute Gasteiger partial charge is 0.394 e. The van der Waals surface area contributed by atoms with Crippen LogP contribution >= 0.6 is 11.8 Å². The van der Waals surface area contributed by atoms with Gasteiger partial charge in [0.25, 0.3) is 0 Å². The maximum Gasteiger partial charge on any atom is 0.194 e. The number of aliphatic hydroxyl groups excluding tert-OH is 3.